The Bertz CT molecular complexity index is 460. The summed E-state index contributed by atoms with van der Waals surface area (Å²) in [5, 5.41) is 14.8. The second-order valence-corrected chi connectivity index (χ2v) is 5.48. The van der Waals surface area contributed by atoms with Crippen molar-refractivity contribution in [2.75, 3.05) is 33.2 Å². The number of piperidine rings is 1. The van der Waals surface area contributed by atoms with Crippen LogP contribution in [-0.2, 0) is 13.6 Å². The van der Waals surface area contributed by atoms with Gasteiger partial charge in [-0.25, -0.2) is 0 Å². The largest absolute Gasteiger partial charge is 0.355 e. The van der Waals surface area contributed by atoms with Crippen LogP contribution in [0.3, 0.4) is 0 Å². The van der Waals surface area contributed by atoms with Crippen molar-refractivity contribution in [2.45, 2.75) is 32.7 Å². The van der Waals surface area contributed by atoms with Gasteiger partial charge in [0.15, 0.2) is 11.8 Å². The van der Waals surface area contributed by atoms with Crippen LogP contribution in [0.5, 0.6) is 0 Å². The van der Waals surface area contributed by atoms with Gasteiger partial charge < -0.3 is 20.1 Å². The van der Waals surface area contributed by atoms with Crippen LogP contribution in [0.2, 0.25) is 0 Å². The van der Waals surface area contributed by atoms with E-state index >= 15 is 0 Å². The normalized spacial score (nSPS) is 17.0. The first-order valence-electron chi connectivity index (χ1n) is 7.72. The van der Waals surface area contributed by atoms with E-state index in [1.165, 1.54) is 32.4 Å². The van der Waals surface area contributed by atoms with Crippen molar-refractivity contribution < 1.29 is 0 Å². The molecule has 118 valence electrons. The minimum atomic E-state index is 0.626. The van der Waals surface area contributed by atoms with E-state index in [-0.39, 0.29) is 0 Å². The van der Waals surface area contributed by atoms with Crippen molar-refractivity contribution in [3.63, 3.8) is 0 Å². The summed E-state index contributed by atoms with van der Waals surface area (Å²) in [5.74, 6) is 2.64. The maximum absolute atomic E-state index is 4.24. The van der Waals surface area contributed by atoms with Gasteiger partial charge in [-0.2, -0.15) is 0 Å². The van der Waals surface area contributed by atoms with Gasteiger partial charge in [0.2, 0.25) is 0 Å². The number of rotatable bonds is 5. The molecule has 0 saturated carbocycles. The number of nitrogens with zero attached hydrogens (tertiary/aromatic N) is 5. The molecule has 2 N–H and O–H groups in total. The average molecular weight is 293 g/mol. The van der Waals surface area contributed by atoms with Gasteiger partial charge in [-0.1, -0.05) is 6.42 Å². The quantitative estimate of drug-likeness (QED) is 0.602. The van der Waals surface area contributed by atoms with Crippen molar-refractivity contribution in [3.8, 4) is 0 Å². The molecule has 7 heteroatoms. The lowest BCUT2D eigenvalue weighted by Crippen LogP contribution is -2.42. The van der Waals surface area contributed by atoms with E-state index < -0.39 is 0 Å². The first-order chi connectivity index (χ1) is 10.2. The average Bonchev–Trinajstić information content (AvgIpc) is 2.83. The van der Waals surface area contributed by atoms with Gasteiger partial charge in [-0.05, 0) is 32.9 Å². The molecule has 0 aromatic carbocycles. The molecular weight excluding hydrogens is 266 g/mol. The minimum Gasteiger partial charge on any atom is -0.355 e. The van der Waals surface area contributed by atoms with Gasteiger partial charge in [0.25, 0.3) is 0 Å². The van der Waals surface area contributed by atoms with Crippen LogP contribution in [0.4, 0.5) is 0 Å². The third kappa shape index (κ3) is 4.70. The molecule has 1 aliphatic rings. The summed E-state index contributed by atoms with van der Waals surface area (Å²) in [7, 11) is 3.76. The van der Waals surface area contributed by atoms with Crippen LogP contribution < -0.4 is 10.6 Å². The highest BCUT2D eigenvalue weighted by atomic mass is 15.3. The van der Waals surface area contributed by atoms with Crippen LogP contribution in [0.15, 0.2) is 4.99 Å². The summed E-state index contributed by atoms with van der Waals surface area (Å²) in [6, 6.07) is 0. The third-order valence-corrected chi connectivity index (χ3v) is 3.99. The minimum absolute atomic E-state index is 0.626. The number of hydrogen-bond donors (Lipinski definition) is 2. The predicted octanol–water partition coefficient (Wildman–Crippen LogP) is 0.274. The van der Waals surface area contributed by atoms with Crippen molar-refractivity contribution >= 4 is 5.96 Å². The summed E-state index contributed by atoms with van der Waals surface area (Å²) in [5.41, 5.74) is 0. The first kappa shape index (κ1) is 15.8. The highest BCUT2D eigenvalue weighted by Gasteiger charge is 2.10. The topological polar surface area (TPSA) is 70.4 Å². The molecule has 2 heterocycles. The summed E-state index contributed by atoms with van der Waals surface area (Å²) in [4.78, 5) is 6.75. The van der Waals surface area contributed by atoms with E-state index in [1.54, 1.807) is 7.05 Å². The second kappa shape index (κ2) is 7.97. The Balaban J connectivity index is 1.69. The summed E-state index contributed by atoms with van der Waals surface area (Å²) < 4.78 is 1.98. The number of aliphatic imine (C=N–C) groups is 1. The van der Waals surface area contributed by atoms with E-state index in [2.05, 4.69) is 30.7 Å². The summed E-state index contributed by atoms with van der Waals surface area (Å²) >= 11 is 0. The zero-order valence-electron chi connectivity index (χ0n) is 13.4. The smallest absolute Gasteiger partial charge is 0.191 e. The van der Waals surface area contributed by atoms with Gasteiger partial charge in [0.05, 0.1) is 6.54 Å². The molecular formula is C14H27N7. The number of aromatic nitrogens is 3. The highest BCUT2D eigenvalue weighted by Crippen LogP contribution is 2.07. The Labute approximate surface area is 126 Å². The number of likely N-dealkylation sites (tertiary alicyclic amines) is 1. The third-order valence-electron chi connectivity index (χ3n) is 3.99. The van der Waals surface area contributed by atoms with Gasteiger partial charge in [-0.15, -0.1) is 10.2 Å². The summed E-state index contributed by atoms with van der Waals surface area (Å²) in [6.45, 7) is 7.02. The first-order valence-corrected chi connectivity index (χ1v) is 7.72. The Morgan fingerprint density at radius 3 is 2.57 bits per heavy atom. The zero-order valence-corrected chi connectivity index (χ0v) is 13.4. The molecule has 0 radical (unpaired) electrons. The summed E-state index contributed by atoms with van der Waals surface area (Å²) in [6.07, 6.45) is 4.04. The maximum Gasteiger partial charge on any atom is 0.191 e. The van der Waals surface area contributed by atoms with Crippen molar-refractivity contribution in [3.05, 3.63) is 11.6 Å². The van der Waals surface area contributed by atoms with Gasteiger partial charge in [0, 0.05) is 27.2 Å². The molecule has 0 unspecified atom stereocenters. The Morgan fingerprint density at radius 2 is 1.95 bits per heavy atom. The van der Waals surface area contributed by atoms with E-state index in [4.69, 9.17) is 0 Å². The molecule has 2 rings (SSSR count). The lowest BCUT2D eigenvalue weighted by molar-refractivity contribution is 0.232. The number of hydrogen-bond acceptors (Lipinski definition) is 4. The molecule has 1 aromatic rings. The van der Waals surface area contributed by atoms with Gasteiger partial charge >= 0.3 is 0 Å². The van der Waals surface area contributed by atoms with Gasteiger partial charge in [-0.3, -0.25) is 4.99 Å². The Kier molecular flexibility index (Phi) is 5.98. The molecule has 0 bridgehead atoms. The van der Waals surface area contributed by atoms with Gasteiger partial charge in [0.1, 0.15) is 5.82 Å². The lowest BCUT2D eigenvalue weighted by Gasteiger charge is -2.26. The van der Waals surface area contributed by atoms with E-state index in [0.29, 0.717) is 6.54 Å². The number of guanidine groups is 1. The molecule has 21 heavy (non-hydrogen) atoms. The van der Waals surface area contributed by atoms with Crippen LogP contribution in [0.1, 0.15) is 30.9 Å². The van der Waals surface area contributed by atoms with Crippen LogP contribution >= 0.6 is 0 Å². The van der Waals surface area contributed by atoms with Crippen LogP contribution in [-0.4, -0.2) is 58.9 Å². The molecule has 0 aliphatic carbocycles. The molecule has 0 amide bonds. The Morgan fingerprint density at radius 1 is 1.19 bits per heavy atom. The molecule has 1 aliphatic heterocycles. The fourth-order valence-corrected chi connectivity index (χ4v) is 2.50. The lowest BCUT2D eigenvalue weighted by atomic mass is 10.1. The SMILES string of the molecule is CN=C(NCCN1CCCCC1)NCc1nnc(C)n1C. The molecule has 0 spiro atoms. The molecule has 7 nitrogen and oxygen atoms in total. The predicted molar refractivity (Wildman–Crippen MR) is 84.2 cm³/mol. The number of aryl methyl sites for hydroxylation is 1. The fraction of sp³-hybridized carbons (Fsp3) is 0.786. The standard InChI is InChI=1S/C14H27N7/c1-12-18-19-13(20(12)3)11-17-14(15-2)16-7-10-21-8-5-4-6-9-21/h4-11H2,1-3H3,(H2,15,16,17). The van der Waals surface area contributed by atoms with E-state index in [0.717, 1.165) is 30.7 Å². The van der Waals surface area contributed by atoms with Crippen molar-refractivity contribution in [2.24, 2.45) is 12.0 Å². The molecule has 1 aromatic heterocycles. The van der Waals surface area contributed by atoms with Crippen molar-refractivity contribution in [1.82, 2.24) is 30.3 Å². The Hall–Kier alpha value is -1.63. The molecule has 0 atom stereocenters. The zero-order chi connectivity index (χ0) is 15.1. The van der Waals surface area contributed by atoms with Crippen LogP contribution in [0.25, 0.3) is 0 Å². The fourth-order valence-electron chi connectivity index (χ4n) is 2.50. The second-order valence-electron chi connectivity index (χ2n) is 5.48. The highest BCUT2D eigenvalue weighted by molar-refractivity contribution is 5.79. The molecule has 1 fully saturated rings. The molecule has 1 saturated heterocycles. The number of nitrogens with one attached hydrogen (secondary N) is 2. The van der Waals surface area contributed by atoms with E-state index in [9.17, 15) is 0 Å². The van der Waals surface area contributed by atoms with E-state index in [1.807, 2.05) is 18.5 Å². The van der Waals surface area contributed by atoms with Crippen molar-refractivity contribution in [1.29, 1.82) is 0 Å². The maximum atomic E-state index is 4.24. The van der Waals surface area contributed by atoms with Crippen LogP contribution in [0, 0.1) is 6.92 Å². The monoisotopic (exact) mass is 293 g/mol.